The highest BCUT2D eigenvalue weighted by Crippen LogP contribution is 2.33. The van der Waals surface area contributed by atoms with E-state index in [0.717, 1.165) is 23.9 Å². The Morgan fingerprint density at radius 3 is 2.61 bits per heavy atom. The van der Waals surface area contributed by atoms with Crippen molar-refractivity contribution in [2.24, 2.45) is 4.99 Å². The highest BCUT2D eigenvalue weighted by Gasteiger charge is 2.31. The van der Waals surface area contributed by atoms with Gasteiger partial charge in [0.15, 0.2) is 11.4 Å². The molecule has 0 atom stereocenters. The molecule has 0 aromatic heterocycles. The standard InChI is InChI=1S/C10H7F3IN3S/c1-18-9(16-5-15)17-8-3-6(10(11,12)13)2-7(14)4-8/h2-4H,1H3,(H,16,17). The zero-order valence-corrected chi connectivity index (χ0v) is 12.0. The van der Waals surface area contributed by atoms with Crippen molar-refractivity contribution in [1.29, 1.82) is 5.26 Å². The summed E-state index contributed by atoms with van der Waals surface area (Å²) < 4.78 is 38.2. The number of amidine groups is 1. The number of nitrogens with zero attached hydrogens (tertiary/aromatic N) is 2. The van der Waals surface area contributed by atoms with Gasteiger partial charge >= 0.3 is 6.18 Å². The topological polar surface area (TPSA) is 48.2 Å². The number of alkyl halides is 3. The van der Waals surface area contributed by atoms with Crippen LogP contribution in [0.15, 0.2) is 23.2 Å². The van der Waals surface area contributed by atoms with Gasteiger partial charge in [0.05, 0.1) is 11.3 Å². The van der Waals surface area contributed by atoms with E-state index in [2.05, 4.69) is 10.3 Å². The molecule has 96 valence electrons. The van der Waals surface area contributed by atoms with E-state index in [9.17, 15) is 13.2 Å². The minimum Gasteiger partial charge on any atom is -0.271 e. The molecule has 0 bridgehead atoms. The molecule has 1 rings (SSSR count). The van der Waals surface area contributed by atoms with Gasteiger partial charge in [0, 0.05) is 3.57 Å². The van der Waals surface area contributed by atoms with E-state index < -0.39 is 11.7 Å². The lowest BCUT2D eigenvalue weighted by Crippen LogP contribution is -2.12. The van der Waals surface area contributed by atoms with Gasteiger partial charge < -0.3 is 0 Å². The highest BCUT2D eigenvalue weighted by atomic mass is 127. The quantitative estimate of drug-likeness (QED) is 0.264. The summed E-state index contributed by atoms with van der Waals surface area (Å²) in [5.41, 5.74) is -0.605. The van der Waals surface area contributed by atoms with E-state index in [-0.39, 0.29) is 10.9 Å². The maximum atomic E-state index is 12.6. The number of thioether (sulfide) groups is 1. The lowest BCUT2D eigenvalue weighted by atomic mass is 10.2. The number of rotatable bonds is 1. The van der Waals surface area contributed by atoms with Gasteiger partial charge in [0.2, 0.25) is 0 Å². The van der Waals surface area contributed by atoms with E-state index in [0.29, 0.717) is 3.57 Å². The van der Waals surface area contributed by atoms with Gasteiger partial charge in [-0.05, 0) is 47.0 Å². The Labute approximate surface area is 120 Å². The van der Waals surface area contributed by atoms with Crippen molar-refractivity contribution in [1.82, 2.24) is 5.32 Å². The van der Waals surface area contributed by atoms with Gasteiger partial charge in [0.25, 0.3) is 0 Å². The van der Waals surface area contributed by atoms with Gasteiger partial charge in [-0.1, -0.05) is 11.8 Å². The molecule has 0 amide bonds. The van der Waals surface area contributed by atoms with E-state index in [1.807, 2.05) is 0 Å². The van der Waals surface area contributed by atoms with E-state index in [1.54, 1.807) is 35.0 Å². The first-order valence-electron chi connectivity index (χ1n) is 4.52. The van der Waals surface area contributed by atoms with Crippen molar-refractivity contribution in [3.05, 3.63) is 27.3 Å². The molecular formula is C10H7F3IN3S. The largest absolute Gasteiger partial charge is 0.416 e. The number of nitriles is 1. The predicted octanol–water partition coefficient (Wildman–Crippen LogP) is 3.73. The molecule has 0 saturated heterocycles. The minimum atomic E-state index is -4.41. The molecule has 0 aliphatic rings. The summed E-state index contributed by atoms with van der Waals surface area (Å²) in [6.45, 7) is 0. The highest BCUT2D eigenvalue weighted by molar-refractivity contribution is 14.1. The summed E-state index contributed by atoms with van der Waals surface area (Å²) in [7, 11) is 0. The summed E-state index contributed by atoms with van der Waals surface area (Å²) in [6, 6.07) is 3.48. The second-order valence-electron chi connectivity index (χ2n) is 3.05. The Balaban J connectivity index is 3.19. The van der Waals surface area contributed by atoms with Crippen molar-refractivity contribution in [2.75, 3.05) is 6.26 Å². The SMILES string of the molecule is CSC(=Nc1cc(I)cc(C(F)(F)F)c1)NC#N. The van der Waals surface area contributed by atoms with Crippen LogP contribution < -0.4 is 5.32 Å². The van der Waals surface area contributed by atoms with Crippen LogP contribution in [-0.4, -0.2) is 11.4 Å². The zero-order chi connectivity index (χ0) is 13.8. The maximum Gasteiger partial charge on any atom is 0.416 e. The Morgan fingerprint density at radius 2 is 2.11 bits per heavy atom. The number of aliphatic imine (C=N–C) groups is 1. The van der Waals surface area contributed by atoms with Crippen LogP contribution in [0.3, 0.4) is 0 Å². The second kappa shape index (κ2) is 6.29. The van der Waals surface area contributed by atoms with Gasteiger partial charge in [-0.25, -0.2) is 4.99 Å². The molecule has 0 aliphatic heterocycles. The first kappa shape index (κ1) is 15.1. The number of nitrogens with one attached hydrogen (secondary N) is 1. The summed E-state index contributed by atoms with van der Waals surface area (Å²) in [6.07, 6.45) is -1.07. The molecular weight excluding hydrogens is 378 g/mol. The summed E-state index contributed by atoms with van der Waals surface area (Å²) in [5, 5.41) is 11.0. The molecule has 1 aromatic rings. The van der Waals surface area contributed by atoms with Crippen LogP contribution in [0.2, 0.25) is 0 Å². The van der Waals surface area contributed by atoms with Gasteiger partial charge in [-0.15, -0.1) is 0 Å². The summed E-state index contributed by atoms with van der Waals surface area (Å²) >= 11 is 2.93. The van der Waals surface area contributed by atoms with Gasteiger partial charge in [0.1, 0.15) is 0 Å². The minimum absolute atomic E-state index is 0.154. The molecule has 0 unspecified atom stereocenters. The molecule has 18 heavy (non-hydrogen) atoms. The van der Waals surface area contributed by atoms with Crippen LogP contribution in [0.5, 0.6) is 0 Å². The van der Waals surface area contributed by atoms with Crippen molar-refractivity contribution in [3.8, 4) is 6.19 Å². The molecule has 8 heteroatoms. The van der Waals surface area contributed by atoms with Crippen molar-refractivity contribution < 1.29 is 13.2 Å². The molecule has 0 radical (unpaired) electrons. The molecule has 1 aromatic carbocycles. The third-order valence-corrected chi connectivity index (χ3v) is 3.00. The van der Waals surface area contributed by atoms with Crippen molar-refractivity contribution in [3.63, 3.8) is 0 Å². The predicted molar refractivity (Wildman–Crippen MR) is 73.5 cm³/mol. The maximum absolute atomic E-state index is 12.6. The normalized spacial score (nSPS) is 12.1. The average Bonchev–Trinajstić information content (AvgIpc) is 2.26. The van der Waals surface area contributed by atoms with Crippen LogP contribution in [-0.2, 0) is 6.18 Å². The lowest BCUT2D eigenvalue weighted by Gasteiger charge is -2.08. The summed E-state index contributed by atoms with van der Waals surface area (Å²) in [4.78, 5) is 3.94. The number of hydrogen-bond acceptors (Lipinski definition) is 3. The number of halogens is 4. The number of hydrogen-bond donors (Lipinski definition) is 1. The fraction of sp³-hybridized carbons (Fsp3) is 0.200. The summed E-state index contributed by atoms with van der Waals surface area (Å²) in [5.74, 6) is 0. The van der Waals surface area contributed by atoms with Crippen LogP contribution in [0, 0.1) is 15.0 Å². The van der Waals surface area contributed by atoms with Crippen molar-refractivity contribution in [2.45, 2.75) is 6.18 Å². The average molecular weight is 385 g/mol. The van der Waals surface area contributed by atoms with Crippen LogP contribution >= 0.6 is 34.4 Å². The van der Waals surface area contributed by atoms with E-state index in [4.69, 9.17) is 5.26 Å². The fourth-order valence-corrected chi connectivity index (χ4v) is 2.09. The molecule has 0 spiro atoms. The first-order valence-corrected chi connectivity index (χ1v) is 6.82. The second-order valence-corrected chi connectivity index (χ2v) is 5.09. The van der Waals surface area contributed by atoms with Crippen LogP contribution in [0.1, 0.15) is 5.56 Å². The fourth-order valence-electron chi connectivity index (χ4n) is 1.09. The Bertz CT molecular complexity index is 508. The molecule has 0 aliphatic carbocycles. The van der Waals surface area contributed by atoms with E-state index >= 15 is 0 Å². The lowest BCUT2D eigenvalue weighted by molar-refractivity contribution is -0.137. The van der Waals surface area contributed by atoms with Crippen molar-refractivity contribution >= 4 is 45.2 Å². The third kappa shape index (κ3) is 4.38. The zero-order valence-electron chi connectivity index (χ0n) is 9.05. The number of benzene rings is 1. The van der Waals surface area contributed by atoms with Crippen LogP contribution in [0.4, 0.5) is 18.9 Å². The smallest absolute Gasteiger partial charge is 0.271 e. The Kier molecular flexibility index (Phi) is 5.28. The molecule has 1 N–H and O–H groups in total. The van der Waals surface area contributed by atoms with Crippen LogP contribution in [0.25, 0.3) is 0 Å². The molecule has 0 fully saturated rings. The van der Waals surface area contributed by atoms with Gasteiger partial charge in [-0.3, -0.25) is 5.32 Å². The Morgan fingerprint density at radius 1 is 1.44 bits per heavy atom. The Hall–Kier alpha value is -0.950. The van der Waals surface area contributed by atoms with Gasteiger partial charge in [-0.2, -0.15) is 18.4 Å². The molecule has 3 nitrogen and oxygen atoms in total. The molecule has 0 heterocycles. The molecule has 0 saturated carbocycles. The first-order chi connectivity index (χ1) is 8.36. The third-order valence-electron chi connectivity index (χ3n) is 1.80. The van der Waals surface area contributed by atoms with E-state index in [1.165, 1.54) is 6.07 Å². The monoisotopic (exact) mass is 385 g/mol.